The second kappa shape index (κ2) is 6.96. The van der Waals surface area contributed by atoms with Gasteiger partial charge in [0.25, 0.3) is 0 Å². The third-order valence-electron chi connectivity index (χ3n) is 4.03. The van der Waals surface area contributed by atoms with Gasteiger partial charge in [0, 0.05) is 18.2 Å². The van der Waals surface area contributed by atoms with E-state index in [0.29, 0.717) is 36.8 Å². The van der Waals surface area contributed by atoms with Crippen molar-refractivity contribution < 1.29 is 22.3 Å². The summed E-state index contributed by atoms with van der Waals surface area (Å²) in [7, 11) is -3.92. The van der Waals surface area contributed by atoms with Crippen molar-refractivity contribution in [3.05, 3.63) is 48.5 Å². The Morgan fingerprint density at radius 2 is 1.78 bits per heavy atom. The summed E-state index contributed by atoms with van der Waals surface area (Å²) < 4.78 is 43.1. The van der Waals surface area contributed by atoms with Crippen LogP contribution in [0, 0.1) is 0 Å². The van der Waals surface area contributed by atoms with Crippen LogP contribution in [0.1, 0.15) is 6.92 Å². The third-order valence-corrected chi connectivity index (χ3v) is 5.69. The van der Waals surface area contributed by atoms with Gasteiger partial charge in [-0.3, -0.25) is 0 Å². The van der Waals surface area contributed by atoms with Crippen LogP contribution in [0.2, 0.25) is 0 Å². The maximum Gasteiger partial charge on any atom is 0.233 e. The highest BCUT2D eigenvalue weighted by atomic mass is 32.2. The number of sulfone groups is 1. The second-order valence-electron chi connectivity index (χ2n) is 5.86. The minimum Gasteiger partial charge on any atom is -0.486 e. The maximum absolute atomic E-state index is 13.2. The van der Waals surface area contributed by atoms with Crippen LogP contribution < -0.4 is 14.8 Å². The third kappa shape index (κ3) is 3.23. The molecule has 4 rings (SSSR count). The fourth-order valence-electron chi connectivity index (χ4n) is 2.77. The lowest BCUT2D eigenvalue weighted by molar-refractivity contribution is 0.171. The number of aromatic nitrogens is 1. The van der Waals surface area contributed by atoms with Crippen LogP contribution in [-0.4, -0.2) is 33.2 Å². The van der Waals surface area contributed by atoms with Gasteiger partial charge >= 0.3 is 0 Å². The van der Waals surface area contributed by atoms with Gasteiger partial charge in [0.1, 0.15) is 13.2 Å². The fraction of sp³-hybridized carbons (Fsp3) is 0.211. The zero-order valence-corrected chi connectivity index (χ0v) is 15.5. The summed E-state index contributed by atoms with van der Waals surface area (Å²) in [5, 5.41) is 2.79. The van der Waals surface area contributed by atoms with E-state index in [1.165, 1.54) is 12.1 Å². The fourth-order valence-corrected chi connectivity index (χ4v) is 4.06. The van der Waals surface area contributed by atoms with Crippen molar-refractivity contribution in [3.63, 3.8) is 0 Å². The van der Waals surface area contributed by atoms with E-state index in [-0.39, 0.29) is 21.7 Å². The number of nitrogens with one attached hydrogen (secondary N) is 1. The molecule has 140 valence electrons. The topological polar surface area (TPSA) is 90.7 Å². The Morgan fingerprint density at radius 1 is 1.04 bits per heavy atom. The standard InChI is InChI=1S/C19H18N2O5S/c1-2-20-18-19(21-17(26-18)13-6-4-3-5-7-13)27(22,23)14-8-9-15-16(12-14)25-11-10-24-15/h3-9,12,20H,2,10-11H2,1H3. The van der Waals surface area contributed by atoms with E-state index in [9.17, 15) is 8.42 Å². The van der Waals surface area contributed by atoms with Crippen LogP contribution in [0.5, 0.6) is 11.5 Å². The number of anilines is 1. The van der Waals surface area contributed by atoms with E-state index in [4.69, 9.17) is 13.9 Å². The highest BCUT2D eigenvalue weighted by molar-refractivity contribution is 7.91. The molecule has 0 amide bonds. The maximum atomic E-state index is 13.2. The van der Waals surface area contributed by atoms with Gasteiger partial charge in [0.05, 0.1) is 4.90 Å². The number of benzene rings is 2. The van der Waals surface area contributed by atoms with E-state index in [1.807, 2.05) is 37.3 Å². The predicted octanol–water partition coefficient (Wildman–Crippen LogP) is 3.38. The Kier molecular flexibility index (Phi) is 4.49. The van der Waals surface area contributed by atoms with Crippen molar-refractivity contribution in [2.75, 3.05) is 25.1 Å². The minimum atomic E-state index is -3.92. The van der Waals surface area contributed by atoms with E-state index in [2.05, 4.69) is 10.3 Å². The molecule has 3 aromatic rings. The molecule has 27 heavy (non-hydrogen) atoms. The molecule has 0 unspecified atom stereocenters. The molecule has 1 aliphatic heterocycles. The zero-order valence-electron chi connectivity index (χ0n) is 14.6. The average molecular weight is 386 g/mol. The van der Waals surface area contributed by atoms with Gasteiger partial charge in [-0.1, -0.05) is 18.2 Å². The highest BCUT2D eigenvalue weighted by Gasteiger charge is 2.29. The predicted molar refractivity (Wildman–Crippen MR) is 99.0 cm³/mol. The van der Waals surface area contributed by atoms with E-state index >= 15 is 0 Å². The zero-order chi connectivity index (χ0) is 18.9. The molecule has 1 aromatic heterocycles. The summed E-state index contributed by atoms with van der Waals surface area (Å²) in [5.41, 5.74) is 0.695. The molecule has 0 saturated carbocycles. The Labute approximate surface area is 156 Å². The molecule has 8 heteroatoms. The molecule has 0 saturated heterocycles. The Bertz CT molecular complexity index is 1060. The molecule has 1 N–H and O–H groups in total. The molecular weight excluding hydrogens is 368 g/mol. The van der Waals surface area contributed by atoms with Crippen molar-refractivity contribution in [1.82, 2.24) is 4.98 Å². The van der Waals surface area contributed by atoms with Crippen molar-refractivity contribution in [3.8, 4) is 23.0 Å². The van der Waals surface area contributed by atoms with Gasteiger partial charge in [-0.15, -0.1) is 0 Å². The lowest BCUT2D eigenvalue weighted by Crippen LogP contribution is -2.16. The molecule has 0 atom stereocenters. The number of fused-ring (bicyclic) bond motifs is 1. The van der Waals surface area contributed by atoms with Crippen LogP contribution >= 0.6 is 0 Å². The minimum absolute atomic E-state index is 0.0683. The number of nitrogens with zero attached hydrogens (tertiary/aromatic N) is 1. The van der Waals surface area contributed by atoms with E-state index in [0.717, 1.165) is 0 Å². The molecule has 2 aromatic carbocycles. The number of rotatable bonds is 5. The van der Waals surface area contributed by atoms with Crippen LogP contribution in [-0.2, 0) is 9.84 Å². The largest absolute Gasteiger partial charge is 0.486 e. The molecule has 0 fully saturated rings. The summed E-state index contributed by atoms with van der Waals surface area (Å²) in [4.78, 5) is 4.34. The van der Waals surface area contributed by atoms with Crippen molar-refractivity contribution in [2.24, 2.45) is 0 Å². The van der Waals surface area contributed by atoms with Gasteiger partial charge in [0.15, 0.2) is 11.5 Å². The first-order valence-corrected chi connectivity index (χ1v) is 10.0. The number of hydrogen-bond acceptors (Lipinski definition) is 7. The van der Waals surface area contributed by atoms with Crippen LogP contribution in [0.15, 0.2) is 62.9 Å². The van der Waals surface area contributed by atoms with Gasteiger partial charge in [-0.05, 0) is 31.2 Å². The molecule has 1 aliphatic rings. The smallest absolute Gasteiger partial charge is 0.233 e. The van der Waals surface area contributed by atoms with Gasteiger partial charge < -0.3 is 19.2 Å². The number of oxazole rings is 1. The van der Waals surface area contributed by atoms with E-state index in [1.54, 1.807) is 6.07 Å². The summed E-state index contributed by atoms with van der Waals surface area (Å²) >= 11 is 0. The van der Waals surface area contributed by atoms with Gasteiger partial charge in [0.2, 0.25) is 26.6 Å². The Morgan fingerprint density at radius 3 is 2.52 bits per heavy atom. The SMILES string of the molecule is CCNc1oc(-c2ccccc2)nc1S(=O)(=O)c1ccc2c(c1)OCCO2. The quantitative estimate of drug-likeness (QED) is 0.719. The molecule has 0 bridgehead atoms. The van der Waals surface area contributed by atoms with Gasteiger partial charge in [-0.25, -0.2) is 8.42 Å². The monoisotopic (exact) mass is 386 g/mol. The van der Waals surface area contributed by atoms with Crippen molar-refractivity contribution in [1.29, 1.82) is 0 Å². The van der Waals surface area contributed by atoms with E-state index < -0.39 is 9.84 Å². The lowest BCUT2D eigenvalue weighted by Gasteiger charge is -2.18. The van der Waals surface area contributed by atoms with Crippen molar-refractivity contribution >= 4 is 15.7 Å². The molecular formula is C19H18N2O5S. The average Bonchev–Trinajstić information content (AvgIpc) is 3.13. The van der Waals surface area contributed by atoms with Gasteiger partial charge in [-0.2, -0.15) is 4.98 Å². The van der Waals surface area contributed by atoms with Crippen LogP contribution in [0.25, 0.3) is 11.5 Å². The summed E-state index contributed by atoms with van der Waals surface area (Å²) in [6.45, 7) is 3.16. The molecule has 0 spiro atoms. The first kappa shape index (κ1) is 17.4. The summed E-state index contributed by atoms with van der Waals surface area (Å²) in [6.07, 6.45) is 0. The first-order chi connectivity index (χ1) is 13.1. The number of hydrogen-bond donors (Lipinski definition) is 1. The lowest BCUT2D eigenvalue weighted by atomic mass is 10.2. The van der Waals surface area contributed by atoms with Crippen LogP contribution in [0.3, 0.4) is 0 Å². The Hall–Kier alpha value is -3.00. The number of ether oxygens (including phenoxy) is 2. The Balaban J connectivity index is 1.80. The highest BCUT2D eigenvalue weighted by Crippen LogP contribution is 2.36. The summed E-state index contributed by atoms with van der Waals surface area (Å²) in [5.74, 6) is 1.28. The van der Waals surface area contributed by atoms with Crippen molar-refractivity contribution in [2.45, 2.75) is 16.8 Å². The molecule has 7 nitrogen and oxygen atoms in total. The molecule has 0 radical (unpaired) electrons. The van der Waals surface area contributed by atoms with Crippen LogP contribution in [0.4, 0.5) is 5.88 Å². The summed E-state index contributed by atoms with van der Waals surface area (Å²) in [6, 6.07) is 13.7. The first-order valence-electron chi connectivity index (χ1n) is 8.54. The normalized spacial score (nSPS) is 13.4. The molecule has 2 heterocycles. The molecule has 0 aliphatic carbocycles. The second-order valence-corrected chi connectivity index (χ2v) is 7.72.